The number of hydrogen-bond donors (Lipinski definition) is 1. The zero-order chi connectivity index (χ0) is 13.2. The maximum Gasteiger partial charge on any atom is 0.320 e. The maximum absolute atomic E-state index is 12.3. The first kappa shape index (κ1) is 13.2. The summed E-state index contributed by atoms with van der Waals surface area (Å²) in [4.78, 5) is 27.3. The summed E-state index contributed by atoms with van der Waals surface area (Å²) in [5.41, 5.74) is -0.729. The SMILES string of the molecule is CCC1(C(=O)O)CCCN(C(=O)N2CCCC2)C1. The van der Waals surface area contributed by atoms with Crippen LogP contribution in [0.1, 0.15) is 39.0 Å². The van der Waals surface area contributed by atoms with E-state index in [1.54, 1.807) is 4.90 Å². The van der Waals surface area contributed by atoms with E-state index in [9.17, 15) is 14.7 Å². The van der Waals surface area contributed by atoms with Gasteiger partial charge in [0, 0.05) is 26.2 Å². The van der Waals surface area contributed by atoms with Crippen molar-refractivity contribution < 1.29 is 14.7 Å². The van der Waals surface area contributed by atoms with E-state index in [-0.39, 0.29) is 6.03 Å². The number of carbonyl (C=O) groups is 2. The van der Waals surface area contributed by atoms with Gasteiger partial charge >= 0.3 is 12.0 Å². The number of nitrogens with zero attached hydrogens (tertiary/aromatic N) is 2. The van der Waals surface area contributed by atoms with Crippen LogP contribution in [0.25, 0.3) is 0 Å². The molecule has 0 aromatic rings. The molecule has 0 saturated carbocycles. The Morgan fingerprint density at radius 2 is 1.72 bits per heavy atom. The van der Waals surface area contributed by atoms with Crippen molar-refractivity contribution in [2.45, 2.75) is 39.0 Å². The topological polar surface area (TPSA) is 60.9 Å². The molecule has 1 N–H and O–H groups in total. The van der Waals surface area contributed by atoms with Gasteiger partial charge in [0.2, 0.25) is 0 Å². The van der Waals surface area contributed by atoms with E-state index in [1.807, 2.05) is 11.8 Å². The van der Waals surface area contributed by atoms with E-state index < -0.39 is 11.4 Å². The fraction of sp³-hybridized carbons (Fsp3) is 0.846. The molecule has 102 valence electrons. The van der Waals surface area contributed by atoms with Crippen LogP contribution in [0, 0.1) is 5.41 Å². The highest BCUT2D eigenvalue weighted by Crippen LogP contribution is 2.34. The molecule has 0 radical (unpaired) electrons. The summed E-state index contributed by atoms with van der Waals surface area (Å²) in [6.45, 7) is 4.61. The van der Waals surface area contributed by atoms with Crippen molar-refractivity contribution >= 4 is 12.0 Å². The highest BCUT2D eigenvalue weighted by Gasteiger charge is 2.42. The van der Waals surface area contributed by atoms with Gasteiger partial charge in [-0.3, -0.25) is 4.79 Å². The number of carboxylic acids is 1. The monoisotopic (exact) mass is 254 g/mol. The van der Waals surface area contributed by atoms with Gasteiger partial charge in [-0.25, -0.2) is 4.79 Å². The van der Waals surface area contributed by atoms with Gasteiger partial charge in [0.1, 0.15) is 0 Å². The van der Waals surface area contributed by atoms with E-state index in [4.69, 9.17) is 0 Å². The normalized spacial score (nSPS) is 28.5. The zero-order valence-corrected chi connectivity index (χ0v) is 11.0. The minimum absolute atomic E-state index is 0.0336. The standard InChI is InChI=1S/C13H22N2O3/c1-2-13(11(16)17)6-5-9-15(10-13)12(18)14-7-3-4-8-14/h2-10H2,1H3,(H,16,17). The third kappa shape index (κ3) is 2.31. The lowest BCUT2D eigenvalue weighted by molar-refractivity contribution is -0.152. The van der Waals surface area contributed by atoms with Crippen LogP contribution in [-0.4, -0.2) is 53.1 Å². The molecule has 18 heavy (non-hydrogen) atoms. The Morgan fingerprint density at radius 3 is 2.28 bits per heavy atom. The van der Waals surface area contributed by atoms with Crippen LogP contribution in [-0.2, 0) is 4.79 Å². The van der Waals surface area contributed by atoms with E-state index in [2.05, 4.69) is 0 Å². The maximum atomic E-state index is 12.3. The van der Waals surface area contributed by atoms with Gasteiger partial charge in [-0.1, -0.05) is 6.92 Å². The van der Waals surface area contributed by atoms with Crippen molar-refractivity contribution in [3.05, 3.63) is 0 Å². The molecular weight excluding hydrogens is 232 g/mol. The average Bonchev–Trinajstić information content (AvgIpc) is 2.91. The summed E-state index contributed by atoms with van der Waals surface area (Å²) in [6.07, 6.45) is 4.20. The Kier molecular flexibility index (Phi) is 3.78. The first-order chi connectivity index (χ1) is 8.59. The Hall–Kier alpha value is -1.26. The second kappa shape index (κ2) is 5.16. The number of hydrogen-bond acceptors (Lipinski definition) is 2. The molecule has 1 unspecified atom stereocenters. The molecule has 2 amide bonds. The Morgan fingerprint density at radius 1 is 1.11 bits per heavy atom. The molecule has 2 heterocycles. The van der Waals surface area contributed by atoms with Gasteiger partial charge in [0.15, 0.2) is 0 Å². The minimum atomic E-state index is -0.760. The second-order valence-electron chi connectivity index (χ2n) is 5.44. The number of piperidine rings is 1. The molecule has 5 heteroatoms. The summed E-state index contributed by atoms with van der Waals surface area (Å²) in [6, 6.07) is 0.0336. The summed E-state index contributed by atoms with van der Waals surface area (Å²) < 4.78 is 0. The zero-order valence-electron chi connectivity index (χ0n) is 11.0. The molecule has 0 aromatic carbocycles. The van der Waals surface area contributed by atoms with E-state index in [0.29, 0.717) is 25.9 Å². The van der Waals surface area contributed by atoms with Crippen molar-refractivity contribution in [2.75, 3.05) is 26.2 Å². The summed E-state index contributed by atoms with van der Waals surface area (Å²) in [5, 5.41) is 9.40. The molecule has 0 bridgehead atoms. The molecule has 2 aliphatic heterocycles. The number of amides is 2. The van der Waals surface area contributed by atoms with Gasteiger partial charge in [-0.2, -0.15) is 0 Å². The molecular formula is C13H22N2O3. The number of urea groups is 1. The van der Waals surface area contributed by atoms with Gasteiger partial charge in [-0.05, 0) is 32.1 Å². The lowest BCUT2D eigenvalue weighted by Crippen LogP contribution is -2.52. The predicted molar refractivity (Wildman–Crippen MR) is 67.4 cm³/mol. The summed E-state index contributed by atoms with van der Waals surface area (Å²) >= 11 is 0. The molecule has 2 saturated heterocycles. The third-order valence-electron chi connectivity index (χ3n) is 4.35. The van der Waals surface area contributed by atoms with Crippen molar-refractivity contribution in [1.82, 2.24) is 9.80 Å². The number of rotatable bonds is 2. The molecule has 0 aliphatic carbocycles. The van der Waals surface area contributed by atoms with Crippen LogP contribution in [0.2, 0.25) is 0 Å². The van der Waals surface area contributed by atoms with Gasteiger partial charge < -0.3 is 14.9 Å². The Balaban J connectivity index is 2.05. The van der Waals surface area contributed by atoms with Gasteiger partial charge in [-0.15, -0.1) is 0 Å². The number of likely N-dealkylation sites (tertiary alicyclic amines) is 2. The summed E-state index contributed by atoms with van der Waals surface area (Å²) in [5.74, 6) is -0.760. The van der Waals surface area contributed by atoms with Crippen molar-refractivity contribution in [2.24, 2.45) is 5.41 Å². The predicted octanol–water partition coefficient (Wildman–Crippen LogP) is 1.78. The molecule has 2 aliphatic rings. The van der Waals surface area contributed by atoms with Crippen LogP contribution < -0.4 is 0 Å². The number of aliphatic carboxylic acids is 1. The minimum Gasteiger partial charge on any atom is -0.481 e. The van der Waals surface area contributed by atoms with E-state index >= 15 is 0 Å². The van der Waals surface area contributed by atoms with Crippen LogP contribution >= 0.6 is 0 Å². The van der Waals surface area contributed by atoms with Crippen LogP contribution in [0.5, 0.6) is 0 Å². The third-order valence-corrected chi connectivity index (χ3v) is 4.35. The van der Waals surface area contributed by atoms with E-state index in [0.717, 1.165) is 32.4 Å². The van der Waals surface area contributed by atoms with Gasteiger partial charge in [0.25, 0.3) is 0 Å². The highest BCUT2D eigenvalue weighted by atomic mass is 16.4. The smallest absolute Gasteiger partial charge is 0.320 e. The van der Waals surface area contributed by atoms with Crippen molar-refractivity contribution in [3.8, 4) is 0 Å². The molecule has 0 aromatic heterocycles. The number of carbonyl (C=O) groups excluding carboxylic acids is 1. The second-order valence-corrected chi connectivity index (χ2v) is 5.44. The first-order valence-electron chi connectivity index (χ1n) is 6.86. The molecule has 2 fully saturated rings. The fourth-order valence-corrected chi connectivity index (χ4v) is 3.02. The summed E-state index contributed by atoms with van der Waals surface area (Å²) in [7, 11) is 0. The van der Waals surface area contributed by atoms with Gasteiger partial charge in [0.05, 0.1) is 5.41 Å². The van der Waals surface area contributed by atoms with Crippen LogP contribution in [0.15, 0.2) is 0 Å². The lowest BCUT2D eigenvalue weighted by atomic mass is 9.78. The quantitative estimate of drug-likeness (QED) is 0.817. The molecule has 0 spiro atoms. The van der Waals surface area contributed by atoms with E-state index in [1.165, 1.54) is 0 Å². The average molecular weight is 254 g/mol. The Labute approximate surface area is 108 Å². The molecule has 5 nitrogen and oxygen atoms in total. The van der Waals surface area contributed by atoms with Crippen LogP contribution in [0.4, 0.5) is 4.79 Å². The Bertz CT molecular complexity index is 339. The molecule has 1 atom stereocenters. The largest absolute Gasteiger partial charge is 0.481 e. The lowest BCUT2D eigenvalue weighted by Gasteiger charge is -2.40. The number of carboxylic acid groups (broad SMARTS) is 1. The first-order valence-corrected chi connectivity index (χ1v) is 6.86. The van der Waals surface area contributed by atoms with Crippen molar-refractivity contribution in [1.29, 1.82) is 0 Å². The fourth-order valence-electron chi connectivity index (χ4n) is 3.02. The van der Waals surface area contributed by atoms with Crippen LogP contribution in [0.3, 0.4) is 0 Å². The molecule has 2 rings (SSSR count). The van der Waals surface area contributed by atoms with Crippen molar-refractivity contribution in [3.63, 3.8) is 0 Å². The highest BCUT2D eigenvalue weighted by molar-refractivity contribution is 5.79.